The van der Waals surface area contributed by atoms with Gasteiger partial charge >= 0.3 is 0 Å². The van der Waals surface area contributed by atoms with Gasteiger partial charge in [0.15, 0.2) is 5.13 Å². The highest BCUT2D eigenvalue weighted by Gasteiger charge is 2.35. The number of carbonyl (C=O) groups is 2. The van der Waals surface area contributed by atoms with Gasteiger partial charge in [-0.2, -0.15) is 4.39 Å². The minimum atomic E-state index is -0.706. The van der Waals surface area contributed by atoms with Gasteiger partial charge in [0.05, 0.1) is 35.8 Å². The molecule has 2 amide bonds. The Morgan fingerprint density at radius 3 is 2.74 bits per heavy atom. The molecule has 3 heterocycles. The van der Waals surface area contributed by atoms with Crippen molar-refractivity contribution >= 4 is 52.0 Å². The van der Waals surface area contributed by atoms with Crippen LogP contribution in [0.4, 0.5) is 10.1 Å². The van der Waals surface area contributed by atoms with Gasteiger partial charge in [0.1, 0.15) is 11.8 Å². The summed E-state index contributed by atoms with van der Waals surface area (Å²) < 4.78 is 18.6. The first-order valence-electron chi connectivity index (χ1n) is 10.4. The molecular formula is C23H21Cl2FN4O3S. The highest BCUT2D eigenvalue weighted by atomic mass is 35.5. The van der Waals surface area contributed by atoms with Gasteiger partial charge in [0.25, 0.3) is 5.91 Å². The van der Waals surface area contributed by atoms with Crippen LogP contribution in [0.15, 0.2) is 48.8 Å². The summed E-state index contributed by atoms with van der Waals surface area (Å²) >= 11 is 13.3. The Morgan fingerprint density at radius 1 is 1.21 bits per heavy atom. The lowest BCUT2D eigenvalue weighted by atomic mass is 10.1. The average molecular weight is 523 g/mol. The number of nitrogens with zero attached hydrogens (tertiary/aromatic N) is 3. The first kappa shape index (κ1) is 24.3. The van der Waals surface area contributed by atoms with E-state index >= 15 is 0 Å². The topological polar surface area (TPSA) is 74.8 Å². The van der Waals surface area contributed by atoms with Crippen LogP contribution in [0.1, 0.15) is 15.2 Å². The Kier molecular flexibility index (Phi) is 7.55. The Bertz CT molecular complexity index is 1210. The fraction of sp³-hybridized carbons (Fsp3) is 0.261. The quantitative estimate of drug-likeness (QED) is 0.523. The number of amides is 2. The van der Waals surface area contributed by atoms with E-state index < -0.39 is 6.04 Å². The molecule has 2 aromatic heterocycles. The number of anilines is 1. The number of hydrogen-bond donors (Lipinski definition) is 1. The smallest absolute Gasteiger partial charge is 0.259 e. The monoisotopic (exact) mass is 522 g/mol. The van der Waals surface area contributed by atoms with E-state index in [4.69, 9.17) is 27.9 Å². The van der Waals surface area contributed by atoms with Gasteiger partial charge in [-0.25, -0.2) is 0 Å². The summed E-state index contributed by atoms with van der Waals surface area (Å²) in [4.78, 5) is 34.7. The minimum Gasteiger partial charge on any atom is -0.496 e. The van der Waals surface area contributed by atoms with Crippen molar-refractivity contribution in [2.75, 3.05) is 31.6 Å². The summed E-state index contributed by atoms with van der Waals surface area (Å²) in [6, 6.07) is 9.04. The molecule has 34 heavy (non-hydrogen) atoms. The maximum Gasteiger partial charge on any atom is 0.259 e. The Hall–Kier alpha value is -2.88. The fourth-order valence-electron chi connectivity index (χ4n) is 3.79. The number of benzene rings is 1. The van der Waals surface area contributed by atoms with Gasteiger partial charge in [-0.05, 0) is 36.4 Å². The molecule has 178 valence electrons. The molecule has 0 spiro atoms. The van der Waals surface area contributed by atoms with Crippen molar-refractivity contribution in [3.63, 3.8) is 0 Å². The van der Waals surface area contributed by atoms with Gasteiger partial charge in [-0.1, -0.05) is 23.2 Å². The molecule has 1 fully saturated rings. The van der Waals surface area contributed by atoms with Crippen LogP contribution in [0.2, 0.25) is 10.0 Å². The average Bonchev–Trinajstić information content (AvgIpc) is 3.28. The normalized spacial score (nSPS) is 15.8. The third kappa shape index (κ3) is 5.27. The number of piperazine rings is 1. The Labute approximate surface area is 210 Å². The van der Waals surface area contributed by atoms with Crippen LogP contribution in [0.5, 0.6) is 5.75 Å². The molecule has 11 heteroatoms. The summed E-state index contributed by atoms with van der Waals surface area (Å²) in [5, 5.41) is 3.31. The molecule has 7 nitrogen and oxygen atoms in total. The van der Waals surface area contributed by atoms with Gasteiger partial charge in [0.2, 0.25) is 5.91 Å². The van der Waals surface area contributed by atoms with E-state index in [1.54, 1.807) is 41.4 Å². The third-order valence-electron chi connectivity index (χ3n) is 5.50. The fourth-order valence-corrected chi connectivity index (χ4v) is 4.75. The second kappa shape index (κ2) is 10.6. The third-order valence-corrected chi connectivity index (χ3v) is 7.11. The standard InChI is InChI=1S/C23H21Cl2FN4O3S/c1-33-20-6-7-27-12-16(20)23(32)29-8-9-30(14-2-4-17(24)18(25)10-14)19(13-29)22(31)28-11-15-3-5-21(26)34-15/h2-7,10,12,19H,8-9,11,13H2,1H3,(H,28,31)/t19-/m0/s1. The molecule has 1 saturated heterocycles. The summed E-state index contributed by atoms with van der Waals surface area (Å²) in [7, 11) is 1.48. The number of nitrogens with one attached hydrogen (secondary N) is 1. The highest BCUT2D eigenvalue weighted by molar-refractivity contribution is 7.10. The van der Waals surface area contributed by atoms with E-state index in [9.17, 15) is 14.0 Å². The van der Waals surface area contributed by atoms with Crippen molar-refractivity contribution < 1.29 is 18.7 Å². The van der Waals surface area contributed by atoms with Crippen LogP contribution in [0.25, 0.3) is 0 Å². The molecule has 1 aromatic carbocycles. The molecule has 1 atom stereocenters. The number of carbonyl (C=O) groups excluding carboxylic acids is 2. The molecule has 1 N–H and O–H groups in total. The molecule has 1 aliphatic rings. The van der Waals surface area contributed by atoms with E-state index in [1.165, 1.54) is 19.4 Å². The van der Waals surface area contributed by atoms with Crippen LogP contribution < -0.4 is 15.0 Å². The lowest BCUT2D eigenvalue weighted by Crippen LogP contribution is -2.60. The SMILES string of the molecule is COc1ccncc1C(=O)N1CCN(c2ccc(Cl)c(Cl)c2)[C@H](C(=O)NCc2ccc(F)s2)C1. The van der Waals surface area contributed by atoms with Crippen LogP contribution >= 0.6 is 34.5 Å². The van der Waals surface area contributed by atoms with Crippen LogP contribution in [-0.4, -0.2) is 54.5 Å². The zero-order valence-electron chi connectivity index (χ0n) is 18.1. The Balaban J connectivity index is 1.58. The van der Waals surface area contributed by atoms with E-state index in [0.717, 1.165) is 11.3 Å². The number of pyridine rings is 1. The molecule has 0 aliphatic carbocycles. The summed E-state index contributed by atoms with van der Waals surface area (Å²) in [5.74, 6) is -0.167. The zero-order valence-corrected chi connectivity index (χ0v) is 20.5. The number of halogens is 3. The number of hydrogen-bond acceptors (Lipinski definition) is 6. The van der Waals surface area contributed by atoms with Crippen LogP contribution in [0.3, 0.4) is 0 Å². The molecular weight excluding hydrogens is 502 g/mol. The number of ether oxygens (including phenoxy) is 1. The molecule has 0 saturated carbocycles. The van der Waals surface area contributed by atoms with E-state index in [2.05, 4.69) is 10.3 Å². The van der Waals surface area contributed by atoms with Crippen molar-refractivity contribution in [3.8, 4) is 5.75 Å². The van der Waals surface area contributed by atoms with Crippen LogP contribution in [-0.2, 0) is 11.3 Å². The maximum absolute atomic E-state index is 13.3. The lowest BCUT2D eigenvalue weighted by Gasteiger charge is -2.42. The molecule has 0 bridgehead atoms. The van der Waals surface area contributed by atoms with Crippen molar-refractivity contribution in [1.29, 1.82) is 0 Å². The lowest BCUT2D eigenvalue weighted by molar-refractivity contribution is -0.123. The number of aromatic nitrogens is 1. The van der Waals surface area contributed by atoms with E-state index in [1.807, 2.05) is 4.90 Å². The number of thiophene rings is 1. The van der Waals surface area contributed by atoms with Crippen molar-refractivity contribution in [2.24, 2.45) is 0 Å². The zero-order chi connectivity index (χ0) is 24.2. The van der Waals surface area contributed by atoms with E-state index in [-0.39, 0.29) is 30.0 Å². The highest BCUT2D eigenvalue weighted by Crippen LogP contribution is 2.30. The molecule has 3 aromatic rings. The second-order valence-corrected chi connectivity index (χ2v) is 9.49. The summed E-state index contributed by atoms with van der Waals surface area (Å²) in [6.45, 7) is 1.07. The summed E-state index contributed by atoms with van der Waals surface area (Å²) in [6.07, 6.45) is 2.99. The molecule has 1 aliphatic heterocycles. The van der Waals surface area contributed by atoms with Crippen LogP contribution in [0, 0.1) is 5.13 Å². The predicted octanol–water partition coefficient (Wildman–Crippen LogP) is 4.25. The first-order valence-corrected chi connectivity index (χ1v) is 12.0. The molecule has 0 unspecified atom stereocenters. The van der Waals surface area contributed by atoms with Crippen molar-refractivity contribution in [1.82, 2.24) is 15.2 Å². The number of methoxy groups -OCH3 is 1. The van der Waals surface area contributed by atoms with Gasteiger partial charge in [-0.3, -0.25) is 14.6 Å². The van der Waals surface area contributed by atoms with Crippen molar-refractivity contribution in [3.05, 3.63) is 74.4 Å². The maximum atomic E-state index is 13.3. The van der Waals surface area contributed by atoms with Gasteiger partial charge in [-0.15, -0.1) is 11.3 Å². The predicted molar refractivity (Wildman–Crippen MR) is 130 cm³/mol. The van der Waals surface area contributed by atoms with Crippen molar-refractivity contribution in [2.45, 2.75) is 12.6 Å². The first-order chi connectivity index (χ1) is 16.4. The number of rotatable bonds is 6. The van der Waals surface area contributed by atoms with Gasteiger partial charge in [0, 0.05) is 36.0 Å². The minimum absolute atomic E-state index is 0.127. The van der Waals surface area contributed by atoms with Gasteiger partial charge < -0.3 is 19.9 Å². The summed E-state index contributed by atoms with van der Waals surface area (Å²) in [5.41, 5.74) is 1.03. The largest absolute Gasteiger partial charge is 0.496 e. The molecule has 0 radical (unpaired) electrons. The Morgan fingerprint density at radius 2 is 2.03 bits per heavy atom. The van der Waals surface area contributed by atoms with E-state index in [0.29, 0.717) is 45.0 Å². The molecule has 4 rings (SSSR count). The second-order valence-electron chi connectivity index (χ2n) is 7.56.